The smallest absolute Gasteiger partial charge is 0.0252 e. The molecule has 0 radical (unpaired) electrons. The average Bonchev–Trinajstić information content (AvgIpc) is 2.65. The molecule has 0 spiro atoms. The number of hydrogen-bond acceptors (Lipinski definition) is 2. The van der Waals surface area contributed by atoms with Crippen LogP contribution in [0.5, 0.6) is 0 Å². The molecule has 2 nitrogen and oxygen atoms in total. The highest BCUT2D eigenvalue weighted by molar-refractivity contribution is 4.98. The van der Waals surface area contributed by atoms with Crippen LogP contribution in [0.3, 0.4) is 0 Å². The van der Waals surface area contributed by atoms with Gasteiger partial charge in [0.15, 0.2) is 0 Å². The van der Waals surface area contributed by atoms with Crippen molar-refractivity contribution in [2.24, 2.45) is 0 Å². The van der Waals surface area contributed by atoms with E-state index in [1.165, 1.54) is 51.6 Å². The van der Waals surface area contributed by atoms with Gasteiger partial charge in [-0.1, -0.05) is 12.8 Å². The topological polar surface area (TPSA) is 15.3 Å². The highest BCUT2D eigenvalue weighted by Crippen LogP contribution is 2.32. The van der Waals surface area contributed by atoms with Crippen LogP contribution < -0.4 is 5.32 Å². The maximum absolute atomic E-state index is 3.75. The molecule has 0 bridgehead atoms. The van der Waals surface area contributed by atoms with Crippen LogP contribution in [-0.2, 0) is 0 Å². The molecule has 0 amide bonds. The fourth-order valence-corrected chi connectivity index (χ4v) is 3.55. The lowest BCUT2D eigenvalue weighted by Gasteiger charge is -2.46. The zero-order valence-corrected chi connectivity index (χ0v) is 8.34. The molecule has 0 aromatic rings. The van der Waals surface area contributed by atoms with Crippen molar-refractivity contribution in [2.75, 3.05) is 13.1 Å². The highest BCUT2D eigenvalue weighted by Gasteiger charge is 2.39. The van der Waals surface area contributed by atoms with Crippen LogP contribution in [0, 0.1) is 0 Å². The average molecular weight is 180 g/mol. The lowest BCUT2D eigenvalue weighted by Crippen LogP contribution is -2.61. The maximum atomic E-state index is 3.75. The molecule has 3 atom stereocenters. The van der Waals surface area contributed by atoms with E-state index in [0.717, 1.165) is 18.1 Å². The predicted molar refractivity (Wildman–Crippen MR) is 53.8 cm³/mol. The Balaban J connectivity index is 1.77. The predicted octanol–water partition coefficient (Wildman–Crippen LogP) is 1.37. The van der Waals surface area contributed by atoms with E-state index in [9.17, 15) is 0 Å². The minimum absolute atomic E-state index is 0.836. The Morgan fingerprint density at radius 3 is 2.92 bits per heavy atom. The molecule has 0 aromatic carbocycles. The van der Waals surface area contributed by atoms with Crippen molar-refractivity contribution in [3.63, 3.8) is 0 Å². The van der Waals surface area contributed by atoms with Crippen LogP contribution in [0.2, 0.25) is 0 Å². The number of nitrogens with zero attached hydrogens (tertiary/aromatic N) is 1. The van der Waals surface area contributed by atoms with Gasteiger partial charge in [-0.15, -0.1) is 0 Å². The second-order valence-corrected chi connectivity index (χ2v) is 4.90. The third-order valence-corrected chi connectivity index (χ3v) is 4.19. The van der Waals surface area contributed by atoms with E-state index in [0.29, 0.717) is 0 Å². The Morgan fingerprint density at radius 2 is 1.92 bits per heavy atom. The molecule has 13 heavy (non-hydrogen) atoms. The SMILES string of the molecule is C1CCC2C(C1)NCC1CCCN12. The van der Waals surface area contributed by atoms with Crippen molar-refractivity contribution < 1.29 is 0 Å². The molecule has 1 saturated carbocycles. The Bertz CT molecular complexity index is 193. The Morgan fingerprint density at radius 1 is 1.00 bits per heavy atom. The third kappa shape index (κ3) is 1.31. The van der Waals surface area contributed by atoms with Crippen LogP contribution in [0.4, 0.5) is 0 Å². The lowest BCUT2D eigenvalue weighted by atomic mass is 9.87. The van der Waals surface area contributed by atoms with Gasteiger partial charge in [-0.3, -0.25) is 4.90 Å². The first-order valence-corrected chi connectivity index (χ1v) is 5.94. The van der Waals surface area contributed by atoms with Gasteiger partial charge in [0, 0.05) is 24.7 Å². The summed E-state index contributed by atoms with van der Waals surface area (Å²) < 4.78 is 0. The monoisotopic (exact) mass is 180 g/mol. The molecule has 3 aliphatic rings. The summed E-state index contributed by atoms with van der Waals surface area (Å²) >= 11 is 0. The van der Waals surface area contributed by atoms with Crippen LogP contribution in [0.25, 0.3) is 0 Å². The van der Waals surface area contributed by atoms with E-state index in [2.05, 4.69) is 10.2 Å². The van der Waals surface area contributed by atoms with Crippen molar-refractivity contribution in [2.45, 2.75) is 56.7 Å². The van der Waals surface area contributed by atoms with Gasteiger partial charge in [0.25, 0.3) is 0 Å². The molecule has 2 aliphatic heterocycles. The first kappa shape index (κ1) is 8.25. The van der Waals surface area contributed by atoms with Gasteiger partial charge < -0.3 is 5.32 Å². The quantitative estimate of drug-likeness (QED) is 0.605. The Labute approximate surface area is 80.7 Å². The zero-order valence-electron chi connectivity index (χ0n) is 8.34. The second-order valence-electron chi connectivity index (χ2n) is 4.90. The van der Waals surface area contributed by atoms with E-state index in [4.69, 9.17) is 0 Å². The van der Waals surface area contributed by atoms with Crippen LogP contribution in [-0.4, -0.2) is 36.1 Å². The summed E-state index contributed by atoms with van der Waals surface area (Å²) in [6, 6.07) is 2.62. The minimum atomic E-state index is 0.836. The van der Waals surface area contributed by atoms with Gasteiger partial charge in [-0.25, -0.2) is 0 Å². The summed E-state index contributed by atoms with van der Waals surface area (Å²) in [5, 5.41) is 3.75. The van der Waals surface area contributed by atoms with Gasteiger partial charge in [0.05, 0.1) is 0 Å². The first-order valence-electron chi connectivity index (χ1n) is 5.94. The number of rotatable bonds is 0. The summed E-state index contributed by atoms with van der Waals surface area (Å²) in [5.41, 5.74) is 0. The van der Waals surface area contributed by atoms with E-state index < -0.39 is 0 Å². The third-order valence-electron chi connectivity index (χ3n) is 4.19. The molecule has 1 N–H and O–H groups in total. The number of hydrogen-bond donors (Lipinski definition) is 1. The fraction of sp³-hybridized carbons (Fsp3) is 1.00. The molecule has 2 saturated heterocycles. The standard InChI is InChI=1S/C11H20N2/c1-2-6-11-10(5-1)12-8-9-4-3-7-13(9)11/h9-12H,1-8H2. The van der Waals surface area contributed by atoms with Crippen molar-refractivity contribution >= 4 is 0 Å². The summed E-state index contributed by atoms with van der Waals surface area (Å²) in [6.45, 7) is 2.65. The maximum Gasteiger partial charge on any atom is 0.0252 e. The van der Waals surface area contributed by atoms with Crippen molar-refractivity contribution in [1.82, 2.24) is 10.2 Å². The van der Waals surface area contributed by atoms with Crippen LogP contribution in [0.15, 0.2) is 0 Å². The number of piperazine rings is 1. The van der Waals surface area contributed by atoms with Gasteiger partial charge >= 0.3 is 0 Å². The zero-order chi connectivity index (χ0) is 8.67. The molecule has 3 rings (SSSR count). The van der Waals surface area contributed by atoms with E-state index in [1.807, 2.05) is 0 Å². The van der Waals surface area contributed by atoms with Gasteiger partial charge in [-0.2, -0.15) is 0 Å². The molecule has 3 fully saturated rings. The van der Waals surface area contributed by atoms with Crippen molar-refractivity contribution in [3.8, 4) is 0 Å². The van der Waals surface area contributed by atoms with Gasteiger partial charge in [-0.05, 0) is 32.2 Å². The summed E-state index contributed by atoms with van der Waals surface area (Å²) in [6.07, 6.45) is 8.67. The molecule has 74 valence electrons. The second kappa shape index (κ2) is 3.25. The molecular weight excluding hydrogens is 160 g/mol. The summed E-state index contributed by atoms with van der Waals surface area (Å²) in [5.74, 6) is 0. The minimum Gasteiger partial charge on any atom is -0.311 e. The summed E-state index contributed by atoms with van der Waals surface area (Å²) in [7, 11) is 0. The fourth-order valence-electron chi connectivity index (χ4n) is 3.55. The number of fused-ring (bicyclic) bond motifs is 3. The Hall–Kier alpha value is -0.0800. The van der Waals surface area contributed by atoms with Gasteiger partial charge in [0.1, 0.15) is 0 Å². The normalized spacial score (nSPS) is 45.7. The largest absolute Gasteiger partial charge is 0.311 e. The van der Waals surface area contributed by atoms with Crippen LogP contribution >= 0.6 is 0 Å². The summed E-state index contributed by atoms with van der Waals surface area (Å²) in [4.78, 5) is 2.81. The molecule has 2 heterocycles. The molecule has 2 heteroatoms. The van der Waals surface area contributed by atoms with Crippen LogP contribution in [0.1, 0.15) is 38.5 Å². The molecule has 1 aliphatic carbocycles. The van der Waals surface area contributed by atoms with Crippen molar-refractivity contribution in [3.05, 3.63) is 0 Å². The van der Waals surface area contributed by atoms with E-state index in [-0.39, 0.29) is 0 Å². The lowest BCUT2D eigenvalue weighted by molar-refractivity contribution is 0.0696. The molecule has 0 aromatic heterocycles. The van der Waals surface area contributed by atoms with E-state index in [1.54, 1.807) is 0 Å². The molecular formula is C11H20N2. The molecule has 3 unspecified atom stereocenters. The van der Waals surface area contributed by atoms with E-state index >= 15 is 0 Å². The van der Waals surface area contributed by atoms with Gasteiger partial charge in [0.2, 0.25) is 0 Å². The number of nitrogens with one attached hydrogen (secondary N) is 1. The van der Waals surface area contributed by atoms with Crippen molar-refractivity contribution in [1.29, 1.82) is 0 Å². The first-order chi connectivity index (χ1) is 6.45. The Kier molecular flexibility index (Phi) is 2.06. The highest BCUT2D eigenvalue weighted by atomic mass is 15.3.